The molecule has 1 aliphatic rings. The number of ether oxygens (including phenoxy) is 1. The molecule has 1 saturated heterocycles. The summed E-state index contributed by atoms with van der Waals surface area (Å²) in [4.78, 5) is 19.2. The molecule has 1 aliphatic heterocycles. The first-order chi connectivity index (χ1) is 16.2. The number of pyridine rings is 1. The van der Waals surface area contributed by atoms with E-state index in [0.29, 0.717) is 42.3 Å². The van der Waals surface area contributed by atoms with Crippen molar-refractivity contribution < 1.29 is 23.4 Å². The zero-order chi connectivity index (χ0) is 24.7. The number of nitrogens with zero attached hydrogens (tertiary/aromatic N) is 4. The number of hydrogen-bond donors (Lipinski definition) is 2. The van der Waals surface area contributed by atoms with E-state index in [-0.39, 0.29) is 11.3 Å². The summed E-state index contributed by atoms with van der Waals surface area (Å²) in [6, 6.07) is 5.14. The molecule has 0 radical (unpaired) electrons. The number of anilines is 1. The molecule has 8 nitrogen and oxygen atoms in total. The minimum Gasteiger partial charge on any atom is -0.420 e. The number of aromatic nitrogens is 3. The van der Waals surface area contributed by atoms with E-state index in [1.807, 2.05) is 4.90 Å². The van der Waals surface area contributed by atoms with Crippen LogP contribution in [-0.4, -0.2) is 51.0 Å². The second-order valence-corrected chi connectivity index (χ2v) is 7.95. The van der Waals surface area contributed by atoms with Gasteiger partial charge in [0.05, 0.1) is 17.4 Å². The molecule has 2 N–H and O–H groups in total. The molecule has 0 spiro atoms. The first-order valence-corrected chi connectivity index (χ1v) is 10.8. The third kappa shape index (κ3) is 7.06. The lowest BCUT2D eigenvalue weighted by Gasteiger charge is -2.20. The van der Waals surface area contributed by atoms with Crippen LogP contribution in [0.4, 0.5) is 14.6 Å². The van der Waals surface area contributed by atoms with Gasteiger partial charge in [0, 0.05) is 48.3 Å². The van der Waals surface area contributed by atoms with Gasteiger partial charge < -0.3 is 20.1 Å². The van der Waals surface area contributed by atoms with E-state index in [0.717, 1.165) is 0 Å². The van der Waals surface area contributed by atoms with Gasteiger partial charge in [-0.1, -0.05) is 6.08 Å². The Balaban J connectivity index is 1.84. The number of β-amino-alcohol motifs (C(OH)–C–C–N with tert-alkyl or cyclic N) is 1. The molecule has 3 rings (SSSR count). The van der Waals surface area contributed by atoms with Crippen molar-refractivity contribution in [1.29, 1.82) is 0 Å². The zero-order valence-electron chi connectivity index (χ0n) is 18.6. The van der Waals surface area contributed by atoms with E-state index in [9.17, 15) is 18.7 Å². The monoisotopic (exact) mass is 491 g/mol. The van der Waals surface area contributed by atoms with E-state index < -0.39 is 17.6 Å². The molecule has 1 atom stereocenters. The number of allylic oxidation sites excluding steroid dienone is 5. The Labute approximate surface area is 200 Å². The quantitative estimate of drug-likeness (QED) is 0.327. The molecule has 1 fully saturated rings. The highest BCUT2D eigenvalue weighted by atomic mass is 35.5. The summed E-state index contributed by atoms with van der Waals surface area (Å²) in [5.74, 6) is -0.0391. The van der Waals surface area contributed by atoms with Crippen LogP contribution < -0.4 is 10.2 Å². The lowest BCUT2D eigenvalue weighted by atomic mass is 10.1. The van der Waals surface area contributed by atoms with Crippen molar-refractivity contribution in [3.05, 3.63) is 71.9 Å². The summed E-state index contributed by atoms with van der Waals surface area (Å²) in [6.45, 7) is 4.28. The summed E-state index contributed by atoms with van der Waals surface area (Å²) < 4.78 is 30.2. The largest absolute Gasteiger partial charge is 0.487 e. The molecule has 0 saturated carbocycles. The maximum absolute atomic E-state index is 12.9. The molecule has 0 aliphatic carbocycles. The van der Waals surface area contributed by atoms with Crippen LogP contribution >= 0.6 is 11.6 Å². The average molecular weight is 492 g/mol. The zero-order valence-corrected chi connectivity index (χ0v) is 19.3. The van der Waals surface area contributed by atoms with Crippen LogP contribution in [0.3, 0.4) is 0 Å². The smallest absolute Gasteiger partial charge is 0.420 e. The number of rotatable bonds is 8. The second-order valence-electron chi connectivity index (χ2n) is 7.51. The van der Waals surface area contributed by atoms with Crippen LogP contribution in [0, 0.1) is 0 Å². The molecule has 1 unspecified atom stereocenters. The Morgan fingerprint density at radius 3 is 2.82 bits per heavy atom. The van der Waals surface area contributed by atoms with Crippen molar-refractivity contribution in [1.82, 2.24) is 20.5 Å². The molecule has 2 aromatic heterocycles. The number of amides is 1. The van der Waals surface area contributed by atoms with Crippen molar-refractivity contribution in [2.24, 2.45) is 0 Å². The fraction of sp³-hybridized carbons (Fsp3) is 0.304. The fourth-order valence-corrected chi connectivity index (χ4v) is 3.41. The number of alkyl halides is 3. The molecular weight excluding hydrogens is 468 g/mol. The molecule has 3 heterocycles. The molecular formula is C23H24ClF2N5O3. The standard InChI is InChI=1S/C23H24ClF2N5O3/c1-3-5-18(34-23(24,25)26)8-7-15(2)29-22(33)16-12-19(20-6-4-10-28-30-20)21(27-13-16)31-11-9-17(32)14-31/h3-8,10,12-13,17,32H,9,11,14H2,1-2H3,(H,29,33)/b5-3-,15-7+,18-8+. The Morgan fingerprint density at radius 2 is 2.21 bits per heavy atom. The molecule has 0 bridgehead atoms. The normalized spacial score (nSPS) is 17.4. The molecule has 1 amide bonds. The number of aliphatic hydroxyl groups excluding tert-OH is 1. The lowest BCUT2D eigenvalue weighted by Crippen LogP contribution is -2.25. The SMILES string of the molecule is C\C=C/C(=C\C=C(/C)NC(=O)c1cnc(N2CCC(O)C2)c(-c2cccnn2)c1)OC(F)(F)Cl. The fourth-order valence-electron chi connectivity index (χ4n) is 3.32. The summed E-state index contributed by atoms with van der Waals surface area (Å²) in [6.07, 6.45) is 8.64. The van der Waals surface area contributed by atoms with E-state index in [1.165, 1.54) is 30.5 Å². The van der Waals surface area contributed by atoms with Crippen LogP contribution in [0.25, 0.3) is 11.3 Å². The van der Waals surface area contributed by atoms with Gasteiger partial charge in [-0.05, 0) is 56.7 Å². The molecule has 0 aromatic carbocycles. The van der Waals surface area contributed by atoms with Crippen LogP contribution in [0.5, 0.6) is 0 Å². The molecule has 11 heteroatoms. The van der Waals surface area contributed by atoms with Crippen molar-refractivity contribution in [3.8, 4) is 11.3 Å². The number of hydrogen-bond acceptors (Lipinski definition) is 7. The maximum atomic E-state index is 12.9. The van der Waals surface area contributed by atoms with E-state index in [2.05, 4.69) is 25.2 Å². The van der Waals surface area contributed by atoms with Crippen LogP contribution in [0.1, 0.15) is 30.6 Å². The Kier molecular flexibility index (Phi) is 8.30. The van der Waals surface area contributed by atoms with E-state index in [4.69, 9.17) is 11.6 Å². The minimum absolute atomic E-state index is 0.181. The highest BCUT2D eigenvalue weighted by molar-refractivity contribution is 6.20. The minimum atomic E-state index is -3.86. The van der Waals surface area contributed by atoms with Gasteiger partial charge in [0.25, 0.3) is 5.91 Å². The number of nitrogens with one attached hydrogen (secondary N) is 1. The van der Waals surface area contributed by atoms with Crippen LogP contribution in [0.2, 0.25) is 0 Å². The Bertz CT molecular complexity index is 1100. The molecule has 2 aromatic rings. The van der Waals surface area contributed by atoms with Gasteiger partial charge >= 0.3 is 5.57 Å². The van der Waals surface area contributed by atoms with Gasteiger partial charge in [-0.25, -0.2) is 4.98 Å². The average Bonchev–Trinajstić information content (AvgIpc) is 3.23. The Hall–Kier alpha value is -3.37. The third-order valence-electron chi connectivity index (χ3n) is 4.81. The van der Waals surface area contributed by atoms with E-state index >= 15 is 0 Å². The highest BCUT2D eigenvalue weighted by Gasteiger charge is 2.28. The van der Waals surface area contributed by atoms with Crippen molar-refractivity contribution >= 4 is 23.3 Å². The summed E-state index contributed by atoms with van der Waals surface area (Å²) in [5, 5.41) is 20.6. The summed E-state index contributed by atoms with van der Waals surface area (Å²) in [7, 11) is 0. The number of halogens is 3. The van der Waals surface area contributed by atoms with Crippen molar-refractivity contribution in [2.75, 3.05) is 18.0 Å². The van der Waals surface area contributed by atoms with Crippen molar-refractivity contribution in [3.63, 3.8) is 0 Å². The summed E-state index contributed by atoms with van der Waals surface area (Å²) in [5.41, 5.74) is -2.08. The lowest BCUT2D eigenvalue weighted by molar-refractivity contribution is -0.136. The molecule has 34 heavy (non-hydrogen) atoms. The first kappa shape index (κ1) is 25.3. The van der Waals surface area contributed by atoms with Crippen molar-refractivity contribution in [2.45, 2.75) is 31.9 Å². The Morgan fingerprint density at radius 1 is 1.41 bits per heavy atom. The number of carbonyl (C=O) groups excluding carboxylic acids is 1. The predicted molar refractivity (Wildman–Crippen MR) is 124 cm³/mol. The number of carbonyl (C=O) groups is 1. The second kappa shape index (κ2) is 11.2. The first-order valence-electron chi connectivity index (χ1n) is 10.5. The molecule has 180 valence electrons. The van der Waals surface area contributed by atoms with Gasteiger partial charge in [-0.2, -0.15) is 10.2 Å². The van der Waals surface area contributed by atoms with Gasteiger partial charge in [-0.15, -0.1) is 8.78 Å². The highest BCUT2D eigenvalue weighted by Crippen LogP contribution is 2.30. The van der Waals surface area contributed by atoms with Gasteiger partial charge in [-0.3, -0.25) is 4.79 Å². The van der Waals surface area contributed by atoms with Gasteiger partial charge in [0.1, 0.15) is 11.6 Å². The van der Waals surface area contributed by atoms with Crippen LogP contribution in [0.15, 0.2) is 66.4 Å². The topological polar surface area (TPSA) is 100 Å². The van der Waals surface area contributed by atoms with Gasteiger partial charge in [0.15, 0.2) is 0 Å². The third-order valence-corrected chi connectivity index (χ3v) is 4.89. The van der Waals surface area contributed by atoms with Gasteiger partial charge in [0.2, 0.25) is 0 Å². The summed E-state index contributed by atoms with van der Waals surface area (Å²) >= 11 is 4.82. The maximum Gasteiger partial charge on any atom is 0.487 e. The van der Waals surface area contributed by atoms with E-state index in [1.54, 1.807) is 38.2 Å². The predicted octanol–water partition coefficient (Wildman–Crippen LogP) is 4.01. The number of aliphatic hydroxyl groups is 1. The van der Waals surface area contributed by atoms with Crippen LogP contribution in [-0.2, 0) is 4.74 Å².